The zero-order valence-corrected chi connectivity index (χ0v) is 7.62. The Bertz CT molecular complexity index is 500. The summed E-state index contributed by atoms with van der Waals surface area (Å²) in [5.74, 6) is -0.385. The molecule has 1 aromatic heterocycles. The van der Waals surface area contributed by atoms with Crippen molar-refractivity contribution in [2.75, 3.05) is 0 Å². The van der Waals surface area contributed by atoms with Crippen LogP contribution < -0.4 is 0 Å². The molecule has 0 aliphatic heterocycles. The number of carbonyl (C=O) groups is 1. The van der Waals surface area contributed by atoms with Crippen LogP contribution in [-0.2, 0) is 0 Å². The standard InChI is InChI=1S/C11H8FNO/c1-7-3-2-4-8-10(6-14)13-5-9(12)11(7)8/h2-6H,1H3. The molecule has 0 saturated carbocycles. The first kappa shape index (κ1) is 8.81. The van der Waals surface area contributed by atoms with Crippen molar-refractivity contribution >= 4 is 17.1 Å². The smallest absolute Gasteiger partial charge is 0.169 e. The number of aromatic nitrogens is 1. The molecular weight excluding hydrogens is 181 g/mol. The second kappa shape index (κ2) is 3.18. The highest BCUT2D eigenvalue weighted by atomic mass is 19.1. The van der Waals surface area contributed by atoms with Crippen LogP contribution in [0, 0.1) is 12.7 Å². The quantitative estimate of drug-likeness (QED) is 0.645. The monoisotopic (exact) mass is 189 g/mol. The van der Waals surface area contributed by atoms with Gasteiger partial charge in [-0.3, -0.25) is 4.79 Å². The van der Waals surface area contributed by atoms with Gasteiger partial charge in [-0.2, -0.15) is 0 Å². The van der Waals surface area contributed by atoms with E-state index in [1.54, 1.807) is 25.1 Å². The fraction of sp³-hybridized carbons (Fsp3) is 0.0909. The third-order valence-electron chi connectivity index (χ3n) is 2.22. The molecule has 0 amide bonds. The molecule has 1 aromatic carbocycles. The molecule has 14 heavy (non-hydrogen) atoms. The zero-order valence-electron chi connectivity index (χ0n) is 7.62. The van der Waals surface area contributed by atoms with Gasteiger partial charge in [0.05, 0.1) is 6.20 Å². The molecule has 1 heterocycles. The Hall–Kier alpha value is -1.77. The minimum absolute atomic E-state index is 0.283. The molecule has 0 spiro atoms. The van der Waals surface area contributed by atoms with Crippen molar-refractivity contribution < 1.29 is 9.18 Å². The van der Waals surface area contributed by atoms with Gasteiger partial charge in [0.2, 0.25) is 0 Å². The highest BCUT2D eigenvalue weighted by molar-refractivity contribution is 5.97. The average molecular weight is 189 g/mol. The summed E-state index contributed by atoms with van der Waals surface area (Å²) in [6.45, 7) is 1.81. The number of halogens is 1. The molecule has 0 fully saturated rings. The second-order valence-electron chi connectivity index (χ2n) is 3.11. The Morgan fingerprint density at radius 2 is 2.21 bits per heavy atom. The lowest BCUT2D eigenvalue weighted by Crippen LogP contribution is -1.93. The third-order valence-corrected chi connectivity index (χ3v) is 2.22. The second-order valence-corrected chi connectivity index (χ2v) is 3.11. The van der Waals surface area contributed by atoms with E-state index in [-0.39, 0.29) is 11.5 Å². The lowest BCUT2D eigenvalue weighted by Gasteiger charge is -2.03. The van der Waals surface area contributed by atoms with Gasteiger partial charge < -0.3 is 0 Å². The minimum atomic E-state index is -0.385. The van der Waals surface area contributed by atoms with Crippen molar-refractivity contribution in [1.82, 2.24) is 4.98 Å². The van der Waals surface area contributed by atoms with Crippen molar-refractivity contribution in [3.63, 3.8) is 0 Å². The number of fused-ring (bicyclic) bond motifs is 1. The average Bonchev–Trinajstić information content (AvgIpc) is 2.18. The molecule has 3 heteroatoms. The number of hydrogen-bond acceptors (Lipinski definition) is 2. The van der Waals surface area contributed by atoms with E-state index in [9.17, 15) is 9.18 Å². The van der Waals surface area contributed by atoms with Gasteiger partial charge in [-0.25, -0.2) is 9.37 Å². The first-order valence-electron chi connectivity index (χ1n) is 4.23. The predicted octanol–water partition coefficient (Wildman–Crippen LogP) is 2.49. The van der Waals surface area contributed by atoms with Gasteiger partial charge in [-0.05, 0) is 12.5 Å². The van der Waals surface area contributed by atoms with E-state index in [0.717, 1.165) is 11.8 Å². The Kier molecular flexibility index (Phi) is 2.00. The van der Waals surface area contributed by atoms with Crippen LogP contribution >= 0.6 is 0 Å². The first-order chi connectivity index (χ1) is 6.74. The number of pyridine rings is 1. The Labute approximate surface area is 80.4 Å². The minimum Gasteiger partial charge on any atom is -0.296 e. The molecule has 0 N–H and O–H groups in total. The summed E-state index contributed by atoms with van der Waals surface area (Å²) in [7, 11) is 0. The van der Waals surface area contributed by atoms with Crippen molar-refractivity contribution in [1.29, 1.82) is 0 Å². The summed E-state index contributed by atoms with van der Waals surface area (Å²) in [6.07, 6.45) is 1.72. The fourth-order valence-corrected chi connectivity index (χ4v) is 1.55. The van der Waals surface area contributed by atoms with Crippen LogP contribution in [0.25, 0.3) is 10.8 Å². The number of rotatable bonds is 1. The van der Waals surface area contributed by atoms with Crippen molar-refractivity contribution in [2.24, 2.45) is 0 Å². The molecule has 0 bridgehead atoms. The van der Waals surface area contributed by atoms with E-state index in [1.807, 2.05) is 0 Å². The lowest BCUT2D eigenvalue weighted by molar-refractivity contribution is 0.112. The van der Waals surface area contributed by atoms with Crippen molar-refractivity contribution in [3.8, 4) is 0 Å². The Balaban J connectivity index is 2.98. The third kappa shape index (κ3) is 1.18. The molecule has 0 unspecified atom stereocenters. The Morgan fingerprint density at radius 1 is 1.43 bits per heavy atom. The van der Waals surface area contributed by atoms with Gasteiger partial charge in [0.1, 0.15) is 11.5 Å². The van der Waals surface area contributed by atoms with E-state index >= 15 is 0 Å². The number of nitrogens with zero attached hydrogens (tertiary/aromatic N) is 1. The van der Waals surface area contributed by atoms with E-state index in [2.05, 4.69) is 4.98 Å². The summed E-state index contributed by atoms with van der Waals surface area (Å²) in [4.78, 5) is 14.4. The van der Waals surface area contributed by atoms with E-state index in [0.29, 0.717) is 17.1 Å². The van der Waals surface area contributed by atoms with E-state index < -0.39 is 0 Å². The first-order valence-corrected chi connectivity index (χ1v) is 4.23. The largest absolute Gasteiger partial charge is 0.296 e. The number of aldehydes is 1. The molecule has 0 aliphatic carbocycles. The molecule has 0 saturated heterocycles. The van der Waals surface area contributed by atoms with Gasteiger partial charge in [0.25, 0.3) is 0 Å². The van der Waals surface area contributed by atoms with Gasteiger partial charge in [0, 0.05) is 10.8 Å². The maximum Gasteiger partial charge on any atom is 0.169 e. The molecule has 2 aromatic rings. The number of benzene rings is 1. The van der Waals surface area contributed by atoms with Crippen molar-refractivity contribution in [3.05, 3.63) is 41.5 Å². The SMILES string of the molecule is Cc1cccc2c(C=O)ncc(F)c12. The normalized spacial score (nSPS) is 10.4. The van der Waals surface area contributed by atoms with Gasteiger partial charge in [-0.15, -0.1) is 0 Å². The van der Waals surface area contributed by atoms with E-state index in [4.69, 9.17) is 0 Å². The van der Waals surface area contributed by atoms with Crippen molar-refractivity contribution in [2.45, 2.75) is 6.92 Å². The maximum atomic E-state index is 13.4. The van der Waals surface area contributed by atoms with Crippen LogP contribution in [0.1, 0.15) is 16.1 Å². The van der Waals surface area contributed by atoms with Gasteiger partial charge in [0.15, 0.2) is 6.29 Å². The number of carbonyl (C=O) groups excluding carboxylic acids is 1. The lowest BCUT2D eigenvalue weighted by atomic mass is 10.1. The van der Waals surface area contributed by atoms with E-state index in [1.165, 1.54) is 0 Å². The summed E-state index contributed by atoms with van der Waals surface area (Å²) in [6, 6.07) is 5.29. The van der Waals surface area contributed by atoms with Crippen LogP contribution in [-0.4, -0.2) is 11.3 Å². The molecule has 0 atom stereocenters. The zero-order chi connectivity index (χ0) is 10.1. The van der Waals surface area contributed by atoms with Crippen LogP contribution in [0.5, 0.6) is 0 Å². The highest BCUT2D eigenvalue weighted by Crippen LogP contribution is 2.22. The molecular formula is C11H8FNO. The van der Waals surface area contributed by atoms with Crippen LogP contribution in [0.3, 0.4) is 0 Å². The highest BCUT2D eigenvalue weighted by Gasteiger charge is 2.07. The topological polar surface area (TPSA) is 30.0 Å². The number of hydrogen-bond donors (Lipinski definition) is 0. The summed E-state index contributed by atoms with van der Waals surface area (Å²) in [5, 5.41) is 1.05. The maximum absolute atomic E-state index is 13.4. The summed E-state index contributed by atoms with van der Waals surface area (Å²) >= 11 is 0. The van der Waals surface area contributed by atoms with Gasteiger partial charge in [-0.1, -0.05) is 18.2 Å². The van der Waals surface area contributed by atoms with Crippen LogP contribution in [0.4, 0.5) is 4.39 Å². The van der Waals surface area contributed by atoms with Crippen LogP contribution in [0.15, 0.2) is 24.4 Å². The number of aryl methyl sites for hydroxylation is 1. The predicted molar refractivity (Wildman–Crippen MR) is 51.8 cm³/mol. The Morgan fingerprint density at radius 3 is 2.93 bits per heavy atom. The fourth-order valence-electron chi connectivity index (χ4n) is 1.55. The van der Waals surface area contributed by atoms with Crippen LogP contribution in [0.2, 0.25) is 0 Å². The summed E-state index contributed by atoms with van der Waals surface area (Å²) in [5.41, 5.74) is 1.09. The van der Waals surface area contributed by atoms with Gasteiger partial charge >= 0.3 is 0 Å². The molecule has 2 nitrogen and oxygen atoms in total. The molecule has 0 radical (unpaired) electrons. The summed E-state index contributed by atoms with van der Waals surface area (Å²) < 4.78 is 13.4. The molecule has 70 valence electrons. The molecule has 0 aliphatic rings. The molecule has 2 rings (SSSR count).